The molecule has 82 valence electrons. The fraction of sp³-hybridized carbons (Fsp3) is 0.417. The minimum atomic E-state index is 0.0587. The van der Waals surface area contributed by atoms with Gasteiger partial charge < -0.3 is 10.1 Å². The average Bonchev–Trinajstić information content (AvgIpc) is 2.26. The minimum absolute atomic E-state index is 0.0587. The first-order valence-electron chi connectivity index (χ1n) is 5.19. The van der Waals surface area contributed by atoms with Crippen LogP contribution in [0, 0.1) is 6.92 Å². The number of rotatable bonds is 5. The number of aryl methyl sites for hydroxylation is 1. The van der Waals surface area contributed by atoms with Gasteiger partial charge in [-0.1, -0.05) is 25.1 Å². The molecule has 1 rings (SSSR count). The molecule has 1 N–H and O–H groups in total. The summed E-state index contributed by atoms with van der Waals surface area (Å²) in [5.74, 6) is 0.937. The van der Waals surface area contributed by atoms with E-state index in [-0.39, 0.29) is 5.91 Å². The highest BCUT2D eigenvalue weighted by molar-refractivity contribution is 5.75. The van der Waals surface area contributed by atoms with Gasteiger partial charge in [0.15, 0.2) is 0 Å². The summed E-state index contributed by atoms with van der Waals surface area (Å²) in [5, 5.41) is 2.76. The van der Waals surface area contributed by atoms with Crippen molar-refractivity contribution in [2.45, 2.75) is 20.3 Å². The van der Waals surface area contributed by atoms with Crippen molar-refractivity contribution in [3.63, 3.8) is 0 Å². The summed E-state index contributed by atoms with van der Waals surface area (Å²) in [6, 6.07) is 7.84. The summed E-state index contributed by atoms with van der Waals surface area (Å²) in [7, 11) is 0. The summed E-state index contributed by atoms with van der Waals surface area (Å²) < 4.78 is 5.52. The summed E-state index contributed by atoms with van der Waals surface area (Å²) in [6.45, 7) is 4.90. The van der Waals surface area contributed by atoms with E-state index in [1.54, 1.807) is 0 Å². The van der Waals surface area contributed by atoms with Gasteiger partial charge in [0.1, 0.15) is 12.4 Å². The highest BCUT2D eigenvalue weighted by atomic mass is 16.5. The second-order valence-corrected chi connectivity index (χ2v) is 3.32. The maximum atomic E-state index is 10.9. The molecule has 0 spiro atoms. The van der Waals surface area contributed by atoms with Crippen molar-refractivity contribution in [1.29, 1.82) is 0 Å². The number of benzene rings is 1. The van der Waals surface area contributed by atoms with E-state index in [2.05, 4.69) is 5.32 Å². The number of hydrogen-bond donors (Lipinski definition) is 1. The molecule has 0 aromatic heterocycles. The maximum absolute atomic E-state index is 10.9. The fourth-order valence-electron chi connectivity index (χ4n) is 1.19. The van der Waals surface area contributed by atoms with Crippen molar-refractivity contribution in [1.82, 2.24) is 5.32 Å². The lowest BCUT2D eigenvalue weighted by Crippen LogP contribution is -2.27. The quantitative estimate of drug-likeness (QED) is 0.749. The summed E-state index contributed by atoms with van der Waals surface area (Å²) >= 11 is 0. The monoisotopic (exact) mass is 207 g/mol. The van der Waals surface area contributed by atoms with Crippen LogP contribution in [-0.4, -0.2) is 19.1 Å². The van der Waals surface area contributed by atoms with Crippen LogP contribution in [0.3, 0.4) is 0 Å². The van der Waals surface area contributed by atoms with Crippen molar-refractivity contribution in [2.75, 3.05) is 13.2 Å². The molecule has 3 nitrogen and oxygen atoms in total. The van der Waals surface area contributed by atoms with E-state index in [0.29, 0.717) is 19.6 Å². The van der Waals surface area contributed by atoms with Gasteiger partial charge >= 0.3 is 0 Å². The zero-order valence-electron chi connectivity index (χ0n) is 9.25. The molecule has 0 aliphatic heterocycles. The van der Waals surface area contributed by atoms with Crippen LogP contribution in [0.25, 0.3) is 0 Å². The van der Waals surface area contributed by atoms with Gasteiger partial charge in [0.25, 0.3) is 0 Å². The van der Waals surface area contributed by atoms with Gasteiger partial charge in [0.2, 0.25) is 5.91 Å². The molecule has 1 amide bonds. The van der Waals surface area contributed by atoms with Crippen LogP contribution in [0.5, 0.6) is 5.75 Å². The van der Waals surface area contributed by atoms with Crippen LogP contribution in [0.4, 0.5) is 0 Å². The number of carbonyl (C=O) groups is 1. The Morgan fingerprint density at radius 1 is 1.40 bits per heavy atom. The normalized spacial score (nSPS) is 9.73. The summed E-state index contributed by atoms with van der Waals surface area (Å²) in [6.07, 6.45) is 0.518. The van der Waals surface area contributed by atoms with Crippen molar-refractivity contribution in [3.05, 3.63) is 29.8 Å². The Kier molecular flexibility index (Phi) is 4.68. The van der Waals surface area contributed by atoms with Gasteiger partial charge in [0, 0.05) is 6.42 Å². The number of ether oxygens (including phenoxy) is 1. The predicted octanol–water partition coefficient (Wildman–Crippen LogP) is 1.90. The van der Waals surface area contributed by atoms with Crippen LogP contribution in [0.2, 0.25) is 0 Å². The van der Waals surface area contributed by atoms with E-state index in [4.69, 9.17) is 4.74 Å². The first kappa shape index (κ1) is 11.6. The smallest absolute Gasteiger partial charge is 0.219 e. The van der Waals surface area contributed by atoms with E-state index in [1.807, 2.05) is 38.1 Å². The van der Waals surface area contributed by atoms with Crippen LogP contribution in [0.1, 0.15) is 18.9 Å². The Morgan fingerprint density at radius 2 is 2.13 bits per heavy atom. The Balaban J connectivity index is 2.26. The molecule has 0 atom stereocenters. The number of nitrogens with one attached hydrogen (secondary N) is 1. The van der Waals surface area contributed by atoms with Crippen molar-refractivity contribution in [3.8, 4) is 5.75 Å². The highest BCUT2D eigenvalue weighted by Crippen LogP contribution is 2.15. The van der Waals surface area contributed by atoms with Crippen molar-refractivity contribution in [2.24, 2.45) is 0 Å². The molecule has 0 fully saturated rings. The van der Waals surface area contributed by atoms with Gasteiger partial charge in [-0.2, -0.15) is 0 Å². The van der Waals surface area contributed by atoms with Crippen molar-refractivity contribution < 1.29 is 9.53 Å². The Morgan fingerprint density at radius 3 is 2.80 bits per heavy atom. The average molecular weight is 207 g/mol. The zero-order valence-corrected chi connectivity index (χ0v) is 9.25. The van der Waals surface area contributed by atoms with E-state index in [0.717, 1.165) is 11.3 Å². The molecule has 0 radical (unpaired) electrons. The molecule has 0 bridgehead atoms. The van der Waals surface area contributed by atoms with Crippen LogP contribution in [-0.2, 0) is 4.79 Å². The standard InChI is InChI=1S/C12H17NO2/c1-3-12(14)13-8-9-15-11-7-5-4-6-10(11)2/h4-7H,3,8-9H2,1-2H3,(H,13,14). The highest BCUT2D eigenvalue weighted by Gasteiger charge is 1.98. The van der Waals surface area contributed by atoms with Crippen LogP contribution < -0.4 is 10.1 Å². The second kappa shape index (κ2) is 6.06. The fourth-order valence-corrected chi connectivity index (χ4v) is 1.19. The number of hydrogen-bond acceptors (Lipinski definition) is 2. The Bertz CT molecular complexity index is 323. The molecule has 0 aliphatic carbocycles. The molecule has 0 heterocycles. The van der Waals surface area contributed by atoms with Gasteiger partial charge in [-0.05, 0) is 18.6 Å². The maximum Gasteiger partial charge on any atom is 0.219 e. The van der Waals surface area contributed by atoms with E-state index in [9.17, 15) is 4.79 Å². The lowest BCUT2D eigenvalue weighted by molar-refractivity contribution is -0.120. The lowest BCUT2D eigenvalue weighted by atomic mass is 10.2. The number of para-hydroxylation sites is 1. The van der Waals surface area contributed by atoms with Gasteiger partial charge in [0.05, 0.1) is 6.54 Å². The first-order chi connectivity index (χ1) is 7.24. The SMILES string of the molecule is CCC(=O)NCCOc1ccccc1C. The second-order valence-electron chi connectivity index (χ2n) is 3.32. The van der Waals surface area contributed by atoms with Crippen molar-refractivity contribution >= 4 is 5.91 Å². The largest absolute Gasteiger partial charge is 0.491 e. The third kappa shape index (κ3) is 4.02. The van der Waals surface area contributed by atoms with Gasteiger partial charge in [-0.25, -0.2) is 0 Å². The zero-order chi connectivity index (χ0) is 11.1. The topological polar surface area (TPSA) is 38.3 Å². The molecule has 1 aromatic rings. The minimum Gasteiger partial charge on any atom is -0.491 e. The molecular formula is C12H17NO2. The molecule has 0 saturated carbocycles. The summed E-state index contributed by atoms with van der Waals surface area (Å²) in [5.41, 5.74) is 1.11. The lowest BCUT2D eigenvalue weighted by Gasteiger charge is -2.09. The third-order valence-electron chi connectivity index (χ3n) is 2.10. The van der Waals surface area contributed by atoms with E-state index in [1.165, 1.54) is 0 Å². The van der Waals surface area contributed by atoms with E-state index < -0.39 is 0 Å². The predicted molar refractivity (Wildman–Crippen MR) is 60.0 cm³/mol. The van der Waals surface area contributed by atoms with E-state index >= 15 is 0 Å². The van der Waals surface area contributed by atoms with Crippen LogP contribution in [0.15, 0.2) is 24.3 Å². The first-order valence-corrected chi connectivity index (χ1v) is 5.19. The molecule has 1 aromatic carbocycles. The van der Waals surface area contributed by atoms with Crippen LogP contribution >= 0.6 is 0 Å². The molecule has 0 saturated heterocycles. The van der Waals surface area contributed by atoms with Gasteiger partial charge in [-0.3, -0.25) is 4.79 Å². The molecule has 0 unspecified atom stereocenters. The Hall–Kier alpha value is -1.51. The molecule has 3 heteroatoms. The number of amides is 1. The molecule has 15 heavy (non-hydrogen) atoms. The molecule has 0 aliphatic rings. The number of carbonyl (C=O) groups excluding carboxylic acids is 1. The molecular weight excluding hydrogens is 190 g/mol. The Labute approximate surface area is 90.4 Å². The van der Waals surface area contributed by atoms with Gasteiger partial charge in [-0.15, -0.1) is 0 Å². The third-order valence-corrected chi connectivity index (χ3v) is 2.10. The summed E-state index contributed by atoms with van der Waals surface area (Å²) in [4.78, 5) is 10.9.